The average Bonchev–Trinajstić information content (AvgIpc) is 2.89. The normalized spacial score (nSPS) is 10.7. The van der Waals surface area contributed by atoms with E-state index in [1.807, 2.05) is 24.4 Å². The zero-order valence-corrected chi connectivity index (χ0v) is 10.1. The van der Waals surface area contributed by atoms with Gasteiger partial charge in [0.2, 0.25) is 0 Å². The number of fused-ring (bicyclic) bond motifs is 1. The van der Waals surface area contributed by atoms with Crippen molar-refractivity contribution in [3.05, 3.63) is 54.1 Å². The van der Waals surface area contributed by atoms with E-state index in [1.54, 1.807) is 6.33 Å². The van der Waals surface area contributed by atoms with Crippen LogP contribution in [-0.2, 0) is 6.54 Å². The van der Waals surface area contributed by atoms with E-state index in [1.165, 1.54) is 5.39 Å². The molecule has 0 unspecified atom stereocenters. The molecule has 0 bridgehead atoms. The summed E-state index contributed by atoms with van der Waals surface area (Å²) in [6.45, 7) is 2.76. The molecular formula is C14H14N4. The molecule has 1 aromatic carbocycles. The second-order valence-corrected chi connectivity index (χ2v) is 4.28. The molecule has 0 aliphatic carbocycles. The van der Waals surface area contributed by atoms with Gasteiger partial charge in [-0.1, -0.05) is 18.2 Å². The van der Waals surface area contributed by atoms with E-state index in [9.17, 15) is 0 Å². The molecule has 0 saturated carbocycles. The van der Waals surface area contributed by atoms with Gasteiger partial charge in [-0.25, -0.2) is 9.97 Å². The third-order valence-corrected chi connectivity index (χ3v) is 2.92. The first-order valence-electron chi connectivity index (χ1n) is 5.90. The third-order valence-electron chi connectivity index (χ3n) is 2.92. The second-order valence-electron chi connectivity index (χ2n) is 4.28. The minimum atomic E-state index is 0.701. The van der Waals surface area contributed by atoms with Crippen molar-refractivity contribution in [3.63, 3.8) is 0 Å². The third kappa shape index (κ3) is 2.05. The number of anilines is 1. The van der Waals surface area contributed by atoms with Crippen molar-refractivity contribution in [2.75, 3.05) is 5.32 Å². The van der Waals surface area contributed by atoms with Crippen molar-refractivity contribution in [1.29, 1.82) is 0 Å². The fraction of sp³-hybridized carbons (Fsp3) is 0.143. The molecule has 3 rings (SSSR count). The molecule has 4 heteroatoms. The summed E-state index contributed by atoms with van der Waals surface area (Å²) >= 11 is 0. The quantitative estimate of drug-likeness (QED) is 0.737. The number of aromatic amines is 1. The van der Waals surface area contributed by atoms with Crippen LogP contribution in [-0.4, -0.2) is 15.0 Å². The highest BCUT2D eigenvalue weighted by molar-refractivity contribution is 5.81. The van der Waals surface area contributed by atoms with Gasteiger partial charge in [0, 0.05) is 11.6 Å². The molecule has 4 nitrogen and oxygen atoms in total. The zero-order valence-electron chi connectivity index (χ0n) is 10.1. The maximum atomic E-state index is 4.63. The highest BCUT2D eigenvalue weighted by atomic mass is 15.0. The van der Waals surface area contributed by atoms with Crippen molar-refractivity contribution >= 4 is 16.7 Å². The number of H-pyrrole nitrogens is 1. The highest BCUT2D eigenvalue weighted by Gasteiger charge is 2.03. The van der Waals surface area contributed by atoms with Crippen LogP contribution in [0.3, 0.4) is 0 Å². The number of benzene rings is 1. The molecule has 0 amide bonds. The predicted molar refractivity (Wildman–Crippen MR) is 72.4 cm³/mol. The fourth-order valence-electron chi connectivity index (χ4n) is 1.96. The van der Waals surface area contributed by atoms with Crippen LogP contribution in [0.5, 0.6) is 0 Å². The molecule has 2 aromatic heterocycles. The van der Waals surface area contributed by atoms with Gasteiger partial charge in [-0.05, 0) is 24.6 Å². The van der Waals surface area contributed by atoms with Gasteiger partial charge in [-0.15, -0.1) is 0 Å². The van der Waals surface area contributed by atoms with Crippen LogP contribution >= 0.6 is 0 Å². The topological polar surface area (TPSA) is 53.6 Å². The lowest BCUT2D eigenvalue weighted by Crippen LogP contribution is -2.03. The molecule has 0 aliphatic rings. The zero-order chi connectivity index (χ0) is 12.4. The number of hydrogen-bond donors (Lipinski definition) is 2. The van der Waals surface area contributed by atoms with Crippen LogP contribution in [0.15, 0.2) is 42.9 Å². The van der Waals surface area contributed by atoms with E-state index in [4.69, 9.17) is 0 Å². The van der Waals surface area contributed by atoms with Gasteiger partial charge < -0.3 is 10.3 Å². The molecule has 0 saturated heterocycles. The van der Waals surface area contributed by atoms with Gasteiger partial charge in [0.15, 0.2) is 0 Å². The Hall–Kier alpha value is -2.36. The minimum absolute atomic E-state index is 0.701. The Balaban J connectivity index is 1.89. The smallest absolute Gasteiger partial charge is 0.129 e. The van der Waals surface area contributed by atoms with E-state index < -0.39 is 0 Å². The molecule has 2 heterocycles. The SMILES string of the molecule is Cc1cc2ccccc2nc1NCc1cnc[nH]1. The Bertz CT molecular complexity index is 659. The van der Waals surface area contributed by atoms with Crippen molar-refractivity contribution in [3.8, 4) is 0 Å². The van der Waals surface area contributed by atoms with Crippen LogP contribution in [0.1, 0.15) is 11.3 Å². The number of pyridine rings is 1. The fourth-order valence-corrected chi connectivity index (χ4v) is 1.96. The molecule has 0 atom stereocenters. The largest absolute Gasteiger partial charge is 0.364 e. The molecular weight excluding hydrogens is 224 g/mol. The van der Waals surface area contributed by atoms with Crippen molar-refractivity contribution in [1.82, 2.24) is 15.0 Å². The average molecular weight is 238 g/mol. The molecule has 0 spiro atoms. The Kier molecular flexibility index (Phi) is 2.68. The van der Waals surface area contributed by atoms with Gasteiger partial charge in [0.1, 0.15) is 5.82 Å². The van der Waals surface area contributed by atoms with Gasteiger partial charge >= 0.3 is 0 Å². The number of para-hydroxylation sites is 1. The first-order chi connectivity index (χ1) is 8.83. The Morgan fingerprint density at radius 3 is 3.00 bits per heavy atom. The summed E-state index contributed by atoms with van der Waals surface area (Å²) in [5.41, 5.74) is 3.20. The lowest BCUT2D eigenvalue weighted by atomic mass is 10.1. The minimum Gasteiger partial charge on any atom is -0.364 e. The van der Waals surface area contributed by atoms with Crippen molar-refractivity contribution < 1.29 is 0 Å². The van der Waals surface area contributed by atoms with E-state index >= 15 is 0 Å². The van der Waals surface area contributed by atoms with Crippen LogP contribution in [0, 0.1) is 6.92 Å². The first-order valence-corrected chi connectivity index (χ1v) is 5.90. The summed E-state index contributed by atoms with van der Waals surface area (Å²) in [4.78, 5) is 11.7. The Labute approximate surface area is 105 Å². The maximum Gasteiger partial charge on any atom is 0.129 e. The van der Waals surface area contributed by atoms with Crippen molar-refractivity contribution in [2.24, 2.45) is 0 Å². The summed E-state index contributed by atoms with van der Waals surface area (Å²) < 4.78 is 0. The molecule has 3 aromatic rings. The summed E-state index contributed by atoms with van der Waals surface area (Å²) in [6.07, 6.45) is 3.49. The summed E-state index contributed by atoms with van der Waals surface area (Å²) in [7, 11) is 0. The monoisotopic (exact) mass is 238 g/mol. The molecule has 0 fully saturated rings. The van der Waals surface area contributed by atoms with Gasteiger partial charge in [-0.3, -0.25) is 0 Å². The number of nitrogens with zero attached hydrogens (tertiary/aromatic N) is 2. The first kappa shape index (κ1) is 10.8. The summed E-state index contributed by atoms with van der Waals surface area (Å²) in [5, 5.41) is 4.49. The number of hydrogen-bond acceptors (Lipinski definition) is 3. The van der Waals surface area contributed by atoms with E-state index in [-0.39, 0.29) is 0 Å². The number of imidazole rings is 1. The molecule has 0 aliphatic heterocycles. The highest BCUT2D eigenvalue weighted by Crippen LogP contribution is 2.19. The summed E-state index contributed by atoms with van der Waals surface area (Å²) in [6, 6.07) is 10.3. The maximum absolute atomic E-state index is 4.63. The van der Waals surface area contributed by atoms with Gasteiger partial charge in [-0.2, -0.15) is 0 Å². The lowest BCUT2D eigenvalue weighted by molar-refractivity contribution is 1.05. The number of aromatic nitrogens is 3. The van der Waals surface area contributed by atoms with Crippen LogP contribution in [0.25, 0.3) is 10.9 Å². The Morgan fingerprint density at radius 1 is 1.28 bits per heavy atom. The molecule has 18 heavy (non-hydrogen) atoms. The molecule has 2 N–H and O–H groups in total. The van der Waals surface area contributed by atoms with E-state index in [0.717, 1.165) is 22.6 Å². The van der Waals surface area contributed by atoms with E-state index in [0.29, 0.717) is 6.54 Å². The number of rotatable bonds is 3. The van der Waals surface area contributed by atoms with Crippen LogP contribution in [0.4, 0.5) is 5.82 Å². The van der Waals surface area contributed by atoms with E-state index in [2.05, 4.69) is 39.3 Å². The van der Waals surface area contributed by atoms with Crippen LogP contribution < -0.4 is 5.32 Å². The van der Waals surface area contributed by atoms with Gasteiger partial charge in [0.05, 0.1) is 24.1 Å². The second kappa shape index (κ2) is 4.49. The number of nitrogens with one attached hydrogen (secondary N) is 2. The Morgan fingerprint density at radius 2 is 2.17 bits per heavy atom. The predicted octanol–water partition coefficient (Wildman–Crippen LogP) is 2.88. The molecule has 90 valence electrons. The standard InChI is InChI=1S/C14H14N4/c1-10-6-11-4-2-3-5-13(11)18-14(10)16-8-12-7-15-9-17-12/h2-7,9H,8H2,1H3,(H,15,17)(H,16,18). The molecule has 0 radical (unpaired) electrons. The van der Waals surface area contributed by atoms with Crippen LogP contribution in [0.2, 0.25) is 0 Å². The summed E-state index contributed by atoms with van der Waals surface area (Å²) in [5.74, 6) is 0.920. The van der Waals surface area contributed by atoms with Crippen molar-refractivity contribution in [2.45, 2.75) is 13.5 Å². The van der Waals surface area contributed by atoms with Gasteiger partial charge in [0.25, 0.3) is 0 Å². The lowest BCUT2D eigenvalue weighted by Gasteiger charge is -2.09. The number of aryl methyl sites for hydroxylation is 1.